The van der Waals surface area contributed by atoms with E-state index in [0.29, 0.717) is 19.6 Å². The van der Waals surface area contributed by atoms with Crippen molar-refractivity contribution >= 4 is 21.7 Å². The van der Waals surface area contributed by atoms with Crippen LogP contribution in [0.5, 0.6) is 0 Å². The SMILES string of the molecule is CCOC(=O)CCNCC(=O)NC1CCS(=O)(=O)C1. The summed E-state index contributed by atoms with van der Waals surface area (Å²) in [6, 6.07) is -0.288. The highest BCUT2D eigenvalue weighted by atomic mass is 32.2. The van der Waals surface area contributed by atoms with Crippen LogP contribution >= 0.6 is 0 Å². The lowest BCUT2D eigenvalue weighted by atomic mass is 10.2. The average molecular weight is 292 g/mol. The van der Waals surface area contributed by atoms with Crippen LogP contribution in [-0.2, 0) is 24.2 Å². The maximum Gasteiger partial charge on any atom is 0.307 e. The summed E-state index contributed by atoms with van der Waals surface area (Å²) < 4.78 is 27.1. The lowest BCUT2D eigenvalue weighted by Crippen LogP contribution is -2.41. The van der Waals surface area contributed by atoms with Gasteiger partial charge in [0.1, 0.15) is 0 Å². The molecule has 1 atom stereocenters. The molecule has 110 valence electrons. The minimum atomic E-state index is -2.98. The highest BCUT2D eigenvalue weighted by Crippen LogP contribution is 2.10. The number of amides is 1. The fourth-order valence-corrected chi connectivity index (χ4v) is 3.49. The summed E-state index contributed by atoms with van der Waals surface area (Å²) in [7, 11) is -2.98. The van der Waals surface area contributed by atoms with Crippen LogP contribution < -0.4 is 10.6 Å². The number of ether oxygens (including phenoxy) is 1. The minimum Gasteiger partial charge on any atom is -0.466 e. The van der Waals surface area contributed by atoms with Crippen molar-refractivity contribution < 1.29 is 22.7 Å². The molecule has 0 radical (unpaired) electrons. The Balaban J connectivity index is 2.10. The van der Waals surface area contributed by atoms with Crippen LogP contribution in [0.1, 0.15) is 19.8 Å². The van der Waals surface area contributed by atoms with Gasteiger partial charge in [-0.3, -0.25) is 9.59 Å². The van der Waals surface area contributed by atoms with Gasteiger partial charge in [-0.25, -0.2) is 8.42 Å². The Bertz CT molecular complexity index is 421. The zero-order valence-electron chi connectivity index (χ0n) is 11.0. The second kappa shape index (κ2) is 7.44. The fourth-order valence-electron chi connectivity index (χ4n) is 1.81. The Morgan fingerprint density at radius 1 is 1.37 bits per heavy atom. The highest BCUT2D eigenvalue weighted by molar-refractivity contribution is 7.91. The number of esters is 1. The first kappa shape index (κ1) is 15.9. The molecule has 8 heteroatoms. The van der Waals surface area contributed by atoms with Crippen LogP contribution in [0.2, 0.25) is 0 Å². The molecule has 1 unspecified atom stereocenters. The van der Waals surface area contributed by atoms with Crippen LogP contribution in [0, 0.1) is 0 Å². The van der Waals surface area contributed by atoms with E-state index in [2.05, 4.69) is 10.6 Å². The Morgan fingerprint density at radius 2 is 2.11 bits per heavy atom. The van der Waals surface area contributed by atoms with Gasteiger partial charge in [0.05, 0.1) is 31.1 Å². The van der Waals surface area contributed by atoms with Gasteiger partial charge in [0.15, 0.2) is 9.84 Å². The molecular formula is C11H20N2O5S. The summed E-state index contributed by atoms with van der Waals surface area (Å²) in [4.78, 5) is 22.5. The first-order valence-electron chi connectivity index (χ1n) is 6.29. The van der Waals surface area contributed by atoms with E-state index in [4.69, 9.17) is 4.74 Å². The molecule has 0 aliphatic carbocycles. The Hall–Kier alpha value is -1.15. The average Bonchev–Trinajstić information content (AvgIpc) is 2.64. The molecule has 19 heavy (non-hydrogen) atoms. The molecule has 1 saturated heterocycles. The summed E-state index contributed by atoms with van der Waals surface area (Å²) in [5.41, 5.74) is 0. The number of carbonyl (C=O) groups excluding carboxylic acids is 2. The zero-order valence-corrected chi connectivity index (χ0v) is 11.8. The van der Waals surface area contributed by atoms with Crippen molar-refractivity contribution in [2.45, 2.75) is 25.8 Å². The van der Waals surface area contributed by atoms with E-state index in [1.165, 1.54) is 0 Å². The summed E-state index contributed by atoms with van der Waals surface area (Å²) in [6.07, 6.45) is 0.676. The standard InChI is InChI=1S/C11H20N2O5S/c1-2-18-11(15)3-5-12-7-10(14)13-9-4-6-19(16,17)8-9/h9,12H,2-8H2,1H3,(H,13,14). The van der Waals surface area contributed by atoms with Gasteiger partial charge in [0, 0.05) is 12.6 Å². The first-order valence-corrected chi connectivity index (χ1v) is 8.11. The number of hydrogen-bond donors (Lipinski definition) is 2. The Morgan fingerprint density at radius 3 is 2.68 bits per heavy atom. The van der Waals surface area contributed by atoms with E-state index in [0.717, 1.165) is 0 Å². The molecular weight excluding hydrogens is 272 g/mol. The maximum absolute atomic E-state index is 11.5. The lowest BCUT2D eigenvalue weighted by Gasteiger charge is -2.11. The topological polar surface area (TPSA) is 102 Å². The van der Waals surface area contributed by atoms with Crippen molar-refractivity contribution in [2.24, 2.45) is 0 Å². The number of rotatable bonds is 7. The van der Waals surface area contributed by atoms with Gasteiger partial charge in [-0.05, 0) is 13.3 Å². The second-order valence-corrected chi connectivity index (χ2v) is 6.63. The van der Waals surface area contributed by atoms with E-state index < -0.39 is 9.84 Å². The largest absolute Gasteiger partial charge is 0.466 e. The molecule has 0 bridgehead atoms. The van der Waals surface area contributed by atoms with Crippen molar-refractivity contribution in [3.63, 3.8) is 0 Å². The minimum absolute atomic E-state index is 0.0154. The molecule has 0 spiro atoms. The predicted molar refractivity (Wildman–Crippen MR) is 69.3 cm³/mol. The van der Waals surface area contributed by atoms with Crippen LogP contribution in [0.3, 0.4) is 0 Å². The van der Waals surface area contributed by atoms with Gasteiger partial charge in [-0.1, -0.05) is 0 Å². The molecule has 0 saturated carbocycles. The van der Waals surface area contributed by atoms with Crippen LogP contribution in [0.25, 0.3) is 0 Å². The molecule has 1 fully saturated rings. The van der Waals surface area contributed by atoms with Gasteiger partial charge < -0.3 is 15.4 Å². The van der Waals surface area contributed by atoms with E-state index in [9.17, 15) is 18.0 Å². The molecule has 2 N–H and O–H groups in total. The molecule has 1 amide bonds. The summed E-state index contributed by atoms with van der Waals surface area (Å²) >= 11 is 0. The third-order valence-corrected chi connectivity index (χ3v) is 4.46. The molecule has 1 rings (SSSR count). The van der Waals surface area contributed by atoms with E-state index in [1.807, 2.05) is 0 Å². The molecule has 0 aromatic carbocycles. The van der Waals surface area contributed by atoms with Crippen molar-refractivity contribution in [3.8, 4) is 0 Å². The van der Waals surface area contributed by atoms with Gasteiger partial charge in [0.2, 0.25) is 5.91 Å². The summed E-state index contributed by atoms with van der Waals surface area (Å²) in [6.45, 7) is 2.50. The normalized spacial score (nSPS) is 21.0. The van der Waals surface area contributed by atoms with Crippen LogP contribution in [0.15, 0.2) is 0 Å². The monoisotopic (exact) mass is 292 g/mol. The van der Waals surface area contributed by atoms with E-state index >= 15 is 0 Å². The molecule has 0 aromatic rings. The van der Waals surface area contributed by atoms with Crippen LogP contribution in [0.4, 0.5) is 0 Å². The Labute approximate surface area is 113 Å². The van der Waals surface area contributed by atoms with Gasteiger partial charge in [0.25, 0.3) is 0 Å². The van der Waals surface area contributed by atoms with Crippen molar-refractivity contribution in [2.75, 3.05) is 31.2 Å². The van der Waals surface area contributed by atoms with Gasteiger partial charge >= 0.3 is 5.97 Å². The smallest absolute Gasteiger partial charge is 0.307 e. The highest BCUT2D eigenvalue weighted by Gasteiger charge is 2.28. The fraction of sp³-hybridized carbons (Fsp3) is 0.818. The molecule has 1 aliphatic rings. The van der Waals surface area contributed by atoms with E-state index in [-0.39, 0.29) is 42.4 Å². The van der Waals surface area contributed by atoms with Crippen molar-refractivity contribution in [1.82, 2.24) is 10.6 Å². The molecule has 1 aliphatic heterocycles. The van der Waals surface area contributed by atoms with Gasteiger partial charge in [-0.15, -0.1) is 0 Å². The third kappa shape index (κ3) is 6.53. The van der Waals surface area contributed by atoms with E-state index in [1.54, 1.807) is 6.92 Å². The summed E-state index contributed by atoms with van der Waals surface area (Å²) in [5.74, 6) is -0.418. The van der Waals surface area contributed by atoms with Crippen molar-refractivity contribution in [1.29, 1.82) is 0 Å². The Kier molecular flexibility index (Phi) is 6.23. The molecule has 0 aromatic heterocycles. The number of sulfone groups is 1. The van der Waals surface area contributed by atoms with Crippen LogP contribution in [-0.4, -0.2) is 57.5 Å². The number of hydrogen-bond acceptors (Lipinski definition) is 6. The number of carbonyl (C=O) groups is 2. The quantitative estimate of drug-likeness (QED) is 0.453. The zero-order chi connectivity index (χ0) is 14.3. The number of nitrogens with one attached hydrogen (secondary N) is 2. The predicted octanol–water partition coefficient (Wildman–Crippen LogP) is -1.17. The van der Waals surface area contributed by atoms with Crippen molar-refractivity contribution in [3.05, 3.63) is 0 Å². The first-order chi connectivity index (χ1) is 8.93. The third-order valence-electron chi connectivity index (χ3n) is 2.69. The second-order valence-electron chi connectivity index (χ2n) is 4.40. The summed E-state index contributed by atoms with van der Waals surface area (Å²) in [5, 5.41) is 5.46. The maximum atomic E-state index is 11.5. The van der Waals surface area contributed by atoms with Gasteiger partial charge in [-0.2, -0.15) is 0 Å². The lowest BCUT2D eigenvalue weighted by molar-refractivity contribution is -0.143. The molecule has 1 heterocycles. The molecule has 7 nitrogen and oxygen atoms in total.